The summed E-state index contributed by atoms with van der Waals surface area (Å²) in [6.45, 7) is 0. The molecular weight excluding hydrogens is 216 g/mol. The molecule has 84 valence electrons. The van der Waals surface area contributed by atoms with Gasteiger partial charge in [-0.3, -0.25) is 0 Å². The molecule has 0 spiro atoms. The zero-order valence-corrected chi connectivity index (χ0v) is 9.93. The summed E-state index contributed by atoms with van der Waals surface area (Å²) >= 11 is 5.69. The molecule has 0 saturated heterocycles. The highest BCUT2D eigenvalue weighted by atomic mass is 35.5. The fourth-order valence-corrected chi connectivity index (χ4v) is 1.61. The van der Waals surface area contributed by atoms with Crippen LogP contribution in [0, 0.1) is 0 Å². The summed E-state index contributed by atoms with van der Waals surface area (Å²) in [5.74, 6) is 2.51. The lowest BCUT2D eigenvalue weighted by Gasteiger charge is -2.13. The van der Waals surface area contributed by atoms with Crippen LogP contribution in [-0.4, -0.2) is 27.2 Å². The van der Waals surface area contributed by atoms with E-state index in [0.717, 1.165) is 12.0 Å². The quantitative estimate of drug-likeness (QED) is 0.728. The summed E-state index contributed by atoms with van der Waals surface area (Å²) < 4.78 is 15.6. The number of alkyl halides is 1. The Morgan fingerprint density at radius 3 is 1.87 bits per heavy atom. The first kappa shape index (κ1) is 12.0. The average Bonchev–Trinajstić information content (AvgIpc) is 2.28. The molecule has 0 amide bonds. The number of rotatable bonds is 5. The molecule has 0 aliphatic rings. The Morgan fingerprint density at radius 2 is 1.53 bits per heavy atom. The second-order valence-corrected chi connectivity index (χ2v) is 3.35. The summed E-state index contributed by atoms with van der Waals surface area (Å²) in [6.07, 6.45) is 0.776. The molecule has 0 N–H and O–H groups in total. The SMILES string of the molecule is COc1cc(CCCl)cc(OC)c1OC. The second-order valence-electron chi connectivity index (χ2n) is 2.97. The maximum Gasteiger partial charge on any atom is 0.203 e. The number of aryl methyl sites for hydroxylation is 1. The number of hydrogen-bond acceptors (Lipinski definition) is 3. The number of ether oxygens (including phenoxy) is 3. The fraction of sp³-hybridized carbons (Fsp3) is 0.455. The van der Waals surface area contributed by atoms with Crippen molar-refractivity contribution in [3.05, 3.63) is 17.7 Å². The first-order valence-corrected chi connectivity index (χ1v) is 5.15. The normalized spacial score (nSPS) is 9.87. The Morgan fingerprint density at radius 1 is 1.00 bits per heavy atom. The summed E-state index contributed by atoms with van der Waals surface area (Å²) in [4.78, 5) is 0. The van der Waals surface area contributed by atoms with Gasteiger partial charge in [0.05, 0.1) is 21.3 Å². The van der Waals surface area contributed by atoms with Crippen LogP contribution in [-0.2, 0) is 6.42 Å². The van der Waals surface area contributed by atoms with Crippen LogP contribution in [0.15, 0.2) is 12.1 Å². The van der Waals surface area contributed by atoms with Crippen LogP contribution in [0.25, 0.3) is 0 Å². The third kappa shape index (κ3) is 2.69. The van der Waals surface area contributed by atoms with Crippen molar-refractivity contribution in [2.24, 2.45) is 0 Å². The molecule has 15 heavy (non-hydrogen) atoms. The van der Waals surface area contributed by atoms with Crippen LogP contribution in [0.2, 0.25) is 0 Å². The number of halogens is 1. The number of methoxy groups -OCH3 is 3. The predicted molar refractivity (Wildman–Crippen MR) is 60.5 cm³/mol. The van der Waals surface area contributed by atoms with Crippen molar-refractivity contribution in [2.75, 3.05) is 27.2 Å². The third-order valence-corrected chi connectivity index (χ3v) is 2.30. The minimum absolute atomic E-state index is 0.568. The number of hydrogen-bond donors (Lipinski definition) is 0. The van der Waals surface area contributed by atoms with Gasteiger partial charge in [-0.05, 0) is 24.1 Å². The highest BCUT2D eigenvalue weighted by Gasteiger charge is 2.12. The average molecular weight is 231 g/mol. The molecule has 1 aromatic rings. The molecule has 0 fully saturated rings. The Balaban J connectivity index is 3.16. The molecule has 0 aromatic heterocycles. The van der Waals surface area contributed by atoms with Crippen LogP contribution in [0.4, 0.5) is 0 Å². The minimum Gasteiger partial charge on any atom is -0.493 e. The van der Waals surface area contributed by atoms with E-state index in [1.807, 2.05) is 12.1 Å². The van der Waals surface area contributed by atoms with Crippen molar-refractivity contribution in [1.82, 2.24) is 0 Å². The smallest absolute Gasteiger partial charge is 0.203 e. The van der Waals surface area contributed by atoms with Gasteiger partial charge in [-0.25, -0.2) is 0 Å². The molecule has 1 aromatic carbocycles. The standard InChI is InChI=1S/C11H15ClO3/c1-13-9-6-8(4-5-12)7-10(14-2)11(9)15-3/h6-7H,4-5H2,1-3H3. The van der Waals surface area contributed by atoms with Crippen molar-refractivity contribution >= 4 is 11.6 Å². The van der Waals surface area contributed by atoms with Gasteiger partial charge >= 0.3 is 0 Å². The monoisotopic (exact) mass is 230 g/mol. The molecule has 0 bridgehead atoms. The molecule has 0 radical (unpaired) electrons. The lowest BCUT2D eigenvalue weighted by Crippen LogP contribution is -1.97. The van der Waals surface area contributed by atoms with Crippen molar-refractivity contribution in [1.29, 1.82) is 0 Å². The van der Waals surface area contributed by atoms with Crippen molar-refractivity contribution in [3.63, 3.8) is 0 Å². The van der Waals surface area contributed by atoms with Crippen molar-refractivity contribution < 1.29 is 14.2 Å². The Kier molecular flexibility index (Phi) is 4.56. The molecule has 0 saturated carbocycles. The molecule has 0 atom stereocenters. The molecule has 0 heterocycles. The predicted octanol–water partition coefficient (Wildman–Crippen LogP) is 2.49. The molecule has 3 nitrogen and oxygen atoms in total. The Bertz CT molecular complexity index is 301. The minimum atomic E-state index is 0.568. The van der Waals surface area contributed by atoms with Gasteiger partial charge in [-0.2, -0.15) is 0 Å². The van der Waals surface area contributed by atoms with Crippen molar-refractivity contribution in [3.8, 4) is 17.2 Å². The third-order valence-electron chi connectivity index (χ3n) is 2.11. The van der Waals surface area contributed by atoms with E-state index in [-0.39, 0.29) is 0 Å². The van der Waals surface area contributed by atoms with E-state index < -0.39 is 0 Å². The van der Waals surface area contributed by atoms with Gasteiger partial charge in [0.1, 0.15) is 0 Å². The Labute approximate surface area is 94.9 Å². The molecule has 0 aliphatic heterocycles. The van der Waals surface area contributed by atoms with Gasteiger partial charge in [-0.15, -0.1) is 11.6 Å². The van der Waals surface area contributed by atoms with E-state index >= 15 is 0 Å². The van der Waals surface area contributed by atoms with Crippen LogP contribution in [0.1, 0.15) is 5.56 Å². The second kappa shape index (κ2) is 5.71. The molecule has 0 unspecified atom stereocenters. The maximum atomic E-state index is 5.69. The van der Waals surface area contributed by atoms with Crippen LogP contribution >= 0.6 is 11.6 Å². The van der Waals surface area contributed by atoms with Gasteiger partial charge in [0.25, 0.3) is 0 Å². The lowest BCUT2D eigenvalue weighted by molar-refractivity contribution is 0.324. The largest absolute Gasteiger partial charge is 0.493 e. The van der Waals surface area contributed by atoms with Crippen LogP contribution in [0.5, 0.6) is 17.2 Å². The molecule has 0 aliphatic carbocycles. The maximum absolute atomic E-state index is 5.69. The fourth-order valence-electron chi connectivity index (χ4n) is 1.39. The van der Waals surface area contributed by atoms with E-state index in [1.165, 1.54) is 0 Å². The summed E-state index contributed by atoms with van der Waals surface area (Å²) in [7, 11) is 4.78. The zero-order valence-electron chi connectivity index (χ0n) is 9.17. The number of benzene rings is 1. The van der Waals surface area contributed by atoms with Crippen LogP contribution < -0.4 is 14.2 Å². The van der Waals surface area contributed by atoms with E-state index in [0.29, 0.717) is 23.1 Å². The van der Waals surface area contributed by atoms with E-state index in [9.17, 15) is 0 Å². The highest BCUT2D eigenvalue weighted by Crippen LogP contribution is 2.38. The van der Waals surface area contributed by atoms with E-state index in [1.54, 1.807) is 21.3 Å². The van der Waals surface area contributed by atoms with E-state index in [2.05, 4.69) is 0 Å². The van der Waals surface area contributed by atoms with Gasteiger partial charge in [0.2, 0.25) is 5.75 Å². The first-order valence-electron chi connectivity index (χ1n) is 4.61. The first-order chi connectivity index (χ1) is 7.26. The van der Waals surface area contributed by atoms with Crippen LogP contribution in [0.3, 0.4) is 0 Å². The van der Waals surface area contributed by atoms with Gasteiger partial charge in [0.15, 0.2) is 11.5 Å². The lowest BCUT2D eigenvalue weighted by atomic mass is 10.1. The van der Waals surface area contributed by atoms with Gasteiger partial charge in [0, 0.05) is 5.88 Å². The molecular formula is C11H15ClO3. The Hall–Kier alpha value is -1.09. The topological polar surface area (TPSA) is 27.7 Å². The van der Waals surface area contributed by atoms with Gasteiger partial charge in [-0.1, -0.05) is 0 Å². The summed E-state index contributed by atoms with van der Waals surface area (Å²) in [6, 6.07) is 3.81. The molecule has 1 rings (SSSR count). The van der Waals surface area contributed by atoms with E-state index in [4.69, 9.17) is 25.8 Å². The summed E-state index contributed by atoms with van der Waals surface area (Å²) in [5.41, 5.74) is 1.07. The molecule has 4 heteroatoms. The van der Waals surface area contributed by atoms with Gasteiger partial charge < -0.3 is 14.2 Å². The van der Waals surface area contributed by atoms with Crippen molar-refractivity contribution in [2.45, 2.75) is 6.42 Å². The summed E-state index contributed by atoms with van der Waals surface area (Å²) in [5, 5.41) is 0. The highest BCUT2D eigenvalue weighted by molar-refractivity contribution is 6.18. The zero-order chi connectivity index (χ0) is 11.3.